The lowest BCUT2D eigenvalue weighted by atomic mass is 9.88. The Morgan fingerprint density at radius 2 is 1.78 bits per heavy atom. The van der Waals surface area contributed by atoms with E-state index in [1.807, 2.05) is 24.3 Å². The highest BCUT2D eigenvalue weighted by Crippen LogP contribution is 2.29. The molecule has 36 heavy (non-hydrogen) atoms. The number of hydrogen-bond acceptors (Lipinski definition) is 5. The number of fused-ring (bicyclic) bond motifs is 1. The number of pyridine rings is 1. The molecule has 0 saturated carbocycles. The van der Waals surface area contributed by atoms with Crippen molar-refractivity contribution in [1.29, 1.82) is 0 Å². The number of hydrogen-bond donors (Lipinski definition) is 2. The van der Waals surface area contributed by atoms with Crippen molar-refractivity contribution in [3.8, 4) is 11.3 Å². The molecule has 2 atom stereocenters. The normalized spacial score (nSPS) is 15.5. The van der Waals surface area contributed by atoms with Gasteiger partial charge in [0.25, 0.3) is 5.56 Å². The molecule has 8 nitrogen and oxygen atoms in total. The van der Waals surface area contributed by atoms with Gasteiger partial charge in [-0.25, -0.2) is 8.96 Å². The summed E-state index contributed by atoms with van der Waals surface area (Å²) in [5.74, 6) is -3.17. The van der Waals surface area contributed by atoms with Crippen LogP contribution in [-0.4, -0.2) is 35.4 Å². The quantitative estimate of drug-likeness (QED) is 0.534. The average Bonchev–Trinajstić information content (AvgIpc) is 2.88. The minimum Gasteiger partial charge on any atom is -0.368 e. The number of primary amides is 1. The van der Waals surface area contributed by atoms with Gasteiger partial charge < -0.3 is 16.0 Å². The van der Waals surface area contributed by atoms with Gasteiger partial charge in [-0.3, -0.25) is 19.2 Å². The largest absolute Gasteiger partial charge is 0.368 e. The molecule has 2 aromatic carbocycles. The van der Waals surface area contributed by atoms with E-state index in [2.05, 4.69) is 5.32 Å². The molecule has 1 heterocycles. The monoisotopic (exact) mass is 490 g/mol. The average molecular weight is 491 g/mol. The zero-order valence-electron chi connectivity index (χ0n) is 20.0. The molecule has 0 spiro atoms. The highest BCUT2D eigenvalue weighted by Gasteiger charge is 2.29. The molecule has 3 aromatic rings. The first-order valence-corrected chi connectivity index (χ1v) is 11.7. The molecular formula is C27H27FN4O4. The molecule has 1 aromatic heterocycles. The summed E-state index contributed by atoms with van der Waals surface area (Å²) >= 11 is 0. The highest BCUT2D eigenvalue weighted by atomic mass is 19.1. The predicted octanol–water partition coefficient (Wildman–Crippen LogP) is 2.80. The molecule has 2 amide bonds. The first kappa shape index (κ1) is 24.8. The zero-order chi connectivity index (χ0) is 26.0. The molecular weight excluding hydrogens is 463 g/mol. The lowest BCUT2D eigenvalue weighted by molar-refractivity contribution is -0.119. The smallest absolute Gasteiger partial charge is 0.323 e. The van der Waals surface area contributed by atoms with Crippen molar-refractivity contribution >= 4 is 23.4 Å². The Kier molecular flexibility index (Phi) is 7.00. The summed E-state index contributed by atoms with van der Waals surface area (Å²) in [6, 6.07) is 14.7. The summed E-state index contributed by atoms with van der Waals surface area (Å²) in [6.07, 6.45) is 2.40. The number of aryl methyl sites for hydroxylation is 1. The van der Waals surface area contributed by atoms with E-state index in [4.69, 9.17) is 5.73 Å². The lowest BCUT2D eigenvalue weighted by Gasteiger charge is -2.27. The van der Waals surface area contributed by atoms with Crippen LogP contribution in [0.5, 0.6) is 0 Å². The highest BCUT2D eigenvalue weighted by molar-refractivity contribution is 6.36. The molecule has 0 unspecified atom stereocenters. The van der Waals surface area contributed by atoms with E-state index in [0.29, 0.717) is 12.0 Å². The molecule has 0 aliphatic heterocycles. The van der Waals surface area contributed by atoms with Crippen molar-refractivity contribution in [2.24, 2.45) is 5.73 Å². The number of nitrogens with two attached hydrogens (primary N) is 1. The summed E-state index contributed by atoms with van der Waals surface area (Å²) in [4.78, 5) is 53.2. The molecule has 1 aliphatic carbocycles. The summed E-state index contributed by atoms with van der Waals surface area (Å²) in [5.41, 5.74) is 7.15. The number of anilines is 1. The van der Waals surface area contributed by atoms with E-state index in [0.717, 1.165) is 28.5 Å². The van der Waals surface area contributed by atoms with Crippen molar-refractivity contribution in [2.45, 2.75) is 38.3 Å². The number of nitrogens with one attached hydrogen (secondary N) is 1. The maximum atomic E-state index is 13.5. The predicted molar refractivity (Wildman–Crippen MR) is 134 cm³/mol. The molecule has 0 bridgehead atoms. The van der Waals surface area contributed by atoms with E-state index in [1.54, 1.807) is 0 Å². The van der Waals surface area contributed by atoms with Crippen LogP contribution in [0.25, 0.3) is 11.3 Å². The van der Waals surface area contributed by atoms with Crippen LogP contribution >= 0.6 is 0 Å². The van der Waals surface area contributed by atoms with Crippen LogP contribution in [0.3, 0.4) is 0 Å². The van der Waals surface area contributed by atoms with Gasteiger partial charge in [-0.15, -0.1) is 0 Å². The van der Waals surface area contributed by atoms with Crippen molar-refractivity contribution < 1.29 is 18.8 Å². The number of carbonyl (C=O) groups excluding carboxylic acids is 3. The Labute approximate surface area is 207 Å². The number of carbonyl (C=O) groups is 3. The Morgan fingerprint density at radius 3 is 2.47 bits per heavy atom. The fraction of sp³-hybridized carbons (Fsp3) is 0.259. The molecule has 9 heteroatoms. The number of halogens is 1. The molecule has 1 aliphatic rings. The Balaban J connectivity index is 1.76. The van der Waals surface area contributed by atoms with Crippen molar-refractivity contribution in [2.75, 3.05) is 11.9 Å². The maximum absolute atomic E-state index is 13.5. The summed E-state index contributed by atoms with van der Waals surface area (Å²) in [6.45, 7) is 1.52. The Bertz CT molecular complexity index is 1380. The van der Waals surface area contributed by atoms with Gasteiger partial charge in [0.2, 0.25) is 5.91 Å². The van der Waals surface area contributed by atoms with E-state index >= 15 is 0 Å². The molecule has 186 valence electrons. The number of nitrogens with zero attached hydrogens (tertiary/aromatic N) is 2. The second-order valence-electron chi connectivity index (χ2n) is 8.86. The van der Waals surface area contributed by atoms with E-state index in [1.165, 1.54) is 55.3 Å². The molecule has 0 fully saturated rings. The lowest BCUT2D eigenvalue weighted by Crippen LogP contribution is -2.46. The number of amides is 2. The van der Waals surface area contributed by atoms with Crippen LogP contribution in [0.15, 0.2) is 65.5 Å². The van der Waals surface area contributed by atoms with Crippen molar-refractivity contribution in [3.63, 3.8) is 0 Å². The number of likely N-dealkylation sites (N-methyl/N-ethyl adjacent to an activating group) is 1. The fourth-order valence-corrected chi connectivity index (χ4v) is 4.47. The van der Waals surface area contributed by atoms with Gasteiger partial charge in [-0.1, -0.05) is 24.3 Å². The van der Waals surface area contributed by atoms with Crippen LogP contribution in [0.4, 0.5) is 10.1 Å². The van der Waals surface area contributed by atoms with Crippen LogP contribution in [0.1, 0.15) is 41.7 Å². The topological polar surface area (TPSA) is 114 Å². The SMILES string of the molecule is C[C@@H](C(N)=O)N(C)c1ccc(-c2ccc(F)cc2)n(C(=O)C(=O)N[C@H]2CCCc3ccccc32)c1=O. The zero-order valence-corrected chi connectivity index (χ0v) is 20.0. The minimum atomic E-state index is -1.08. The van der Waals surface area contributed by atoms with Crippen molar-refractivity contribution in [3.05, 3.63) is 88.0 Å². The third kappa shape index (κ3) is 4.77. The van der Waals surface area contributed by atoms with Gasteiger partial charge in [0, 0.05) is 7.05 Å². The first-order valence-electron chi connectivity index (χ1n) is 11.7. The van der Waals surface area contributed by atoms with E-state index in [9.17, 15) is 23.6 Å². The second kappa shape index (κ2) is 10.2. The van der Waals surface area contributed by atoms with Gasteiger partial charge in [0.05, 0.1) is 11.7 Å². The first-order chi connectivity index (χ1) is 17.2. The Morgan fingerprint density at radius 1 is 1.08 bits per heavy atom. The summed E-state index contributed by atoms with van der Waals surface area (Å²) in [5, 5.41) is 2.78. The minimum absolute atomic E-state index is 0.0105. The van der Waals surface area contributed by atoms with Crippen molar-refractivity contribution in [1.82, 2.24) is 9.88 Å². The van der Waals surface area contributed by atoms with Gasteiger partial charge >= 0.3 is 11.8 Å². The molecule has 0 radical (unpaired) electrons. The third-order valence-electron chi connectivity index (χ3n) is 6.65. The van der Waals surface area contributed by atoms with E-state index < -0.39 is 35.1 Å². The van der Waals surface area contributed by atoms with Gasteiger partial charge in [-0.2, -0.15) is 0 Å². The molecule has 0 saturated heterocycles. The maximum Gasteiger partial charge on any atom is 0.323 e. The number of rotatable bonds is 5. The van der Waals surface area contributed by atoms with Crippen LogP contribution < -0.4 is 21.5 Å². The van der Waals surface area contributed by atoms with Crippen LogP contribution in [-0.2, 0) is 16.0 Å². The standard InChI is InChI=1S/C27H27FN4O4/c1-16(24(29)33)31(2)23-15-14-22(18-10-12-19(28)13-11-18)32(26(23)35)27(36)25(34)30-21-9-5-7-17-6-3-4-8-20(17)21/h3-4,6,8,10-16,21H,5,7,9H2,1-2H3,(H2,29,33)(H,30,34)/t16-,21-/m0/s1. The van der Waals surface area contributed by atoms with Crippen LogP contribution in [0.2, 0.25) is 0 Å². The molecule has 3 N–H and O–H groups in total. The van der Waals surface area contributed by atoms with Gasteiger partial charge in [0.15, 0.2) is 0 Å². The van der Waals surface area contributed by atoms with Crippen LogP contribution in [0, 0.1) is 5.82 Å². The summed E-state index contributed by atoms with van der Waals surface area (Å²) in [7, 11) is 1.50. The summed E-state index contributed by atoms with van der Waals surface area (Å²) < 4.78 is 14.3. The molecule has 4 rings (SSSR count). The second-order valence-corrected chi connectivity index (χ2v) is 8.86. The Hall–Kier alpha value is -4.27. The number of benzene rings is 2. The number of aromatic nitrogens is 1. The van der Waals surface area contributed by atoms with Gasteiger partial charge in [0.1, 0.15) is 17.5 Å². The third-order valence-corrected chi connectivity index (χ3v) is 6.65. The van der Waals surface area contributed by atoms with E-state index in [-0.39, 0.29) is 17.4 Å². The van der Waals surface area contributed by atoms with Gasteiger partial charge in [-0.05, 0) is 79.3 Å². The fourth-order valence-electron chi connectivity index (χ4n) is 4.47.